The molecule has 3 N–H and O–H groups in total. The highest BCUT2D eigenvalue weighted by Gasteiger charge is 2.11. The molecule has 1 aromatic rings. The lowest BCUT2D eigenvalue weighted by Gasteiger charge is -2.10. The van der Waals surface area contributed by atoms with Gasteiger partial charge in [0.2, 0.25) is 0 Å². The van der Waals surface area contributed by atoms with Crippen molar-refractivity contribution in [2.24, 2.45) is 0 Å². The molecule has 4 nitrogen and oxygen atoms in total. The molecular weight excluding hydrogens is 266 g/mol. The lowest BCUT2D eigenvalue weighted by atomic mass is 10.1. The molecule has 0 bridgehead atoms. The largest absolute Gasteiger partial charge is 0.493 e. The number of ether oxygens (including phenoxy) is 1. The van der Waals surface area contributed by atoms with Gasteiger partial charge in [0.15, 0.2) is 0 Å². The fraction of sp³-hybridized carbons (Fsp3) is 0.588. The van der Waals surface area contributed by atoms with E-state index in [1.807, 2.05) is 0 Å². The normalized spacial score (nSPS) is 10.5. The fourth-order valence-electron chi connectivity index (χ4n) is 2.25. The molecule has 0 atom stereocenters. The molecule has 0 unspecified atom stereocenters. The molecule has 0 radical (unpaired) electrons. The summed E-state index contributed by atoms with van der Waals surface area (Å²) in [5.74, 6) is -0.619. The molecule has 0 saturated carbocycles. The summed E-state index contributed by atoms with van der Waals surface area (Å²) in [6.07, 6.45) is 9.81. The van der Waals surface area contributed by atoms with Crippen LogP contribution in [-0.4, -0.2) is 17.7 Å². The highest BCUT2D eigenvalue weighted by Crippen LogP contribution is 2.22. The van der Waals surface area contributed by atoms with Gasteiger partial charge in [-0.3, -0.25) is 0 Å². The fourth-order valence-corrected chi connectivity index (χ4v) is 2.25. The third-order valence-electron chi connectivity index (χ3n) is 3.49. The Kier molecular flexibility index (Phi) is 8.32. The summed E-state index contributed by atoms with van der Waals surface area (Å²) in [4.78, 5) is 11.1. The van der Waals surface area contributed by atoms with Crippen molar-refractivity contribution < 1.29 is 14.6 Å². The Morgan fingerprint density at radius 3 is 2.33 bits per heavy atom. The molecule has 21 heavy (non-hydrogen) atoms. The molecule has 0 fully saturated rings. The predicted octanol–water partition coefficient (Wildman–Crippen LogP) is 4.49. The number of aromatic carboxylic acids is 1. The van der Waals surface area contributed by atoms with Gasteiger partial charge >= 0.3 is 5.97 Å². The summed E-state index contributed by atoms with van der Waals surface area (Å²) in [6, 6.07) is 4.64. The lowest BCUT2D eigenvalue weighted by Crippen LogP contribution is -2.05. The average Bonchev–Trinajstić information content (AvgIpc) is 2.45. The summed E-state index contributed by atoms with van der Waals surface area (Å²) in [5.41, 5.74) is 6.35. The molecule has 0 aliphatic rings. The van der Waals surface area contributed by atoms with Crippen LogP contribution in [0.1, 0.15) is 68.6 Å². The lowest BCUT2D eigenvalue weighted by molar-refractivity contribution is 0.0692. The zero-order chi connectivity index (χ0) is 15.5. The number of benzene rings is 1. The number of nitrogen functional groups attached to an aromatic ring is 1. The van der Waals surface area contributed by atoms with Gasteiger partial charge in [-0.2, -0.15) is 0 Å². The van der Waals surface area contributed by atoms with E-state index in [1.54, 1.807) is 12.1 Å². The first-order valence-corrected chi connectivity index (χ1v) is 7.90. The topological polar surface area (TPSA) is 72.5 Å². The number of unbranched alkanes of at least 4 members (excludes halogenated alkanes) is 7. The van der Waals surface area contributed by atoms with Gasteiger partial charge in [0.25, 0.3) is 0 Å². The highest BCUT2D eigenvalue weighted by atomic mass is 16.5. The Bertz CT molecular complexity index is 432. The molecule has 0 saturated heterocycles. The second-order valence-corrected chi connectivity index (χ2v) is 5.38. The number of hydrogen-bond acceptors (Lipinski definition) is 3. The minimum Gasteiger partial charge on any atom is -0.493 e. The summed E-state index contributed by atoms with van der Waals surface area (Å²) in [6.45, 7) is 2.76. The van der Waals surface area contributed by atoms with E-state index in [2.05, 4.69) is 6.92 Å². The Morgan fingerprint density at radius 1 is 1.10 bits per heavy atom. The van der Waals surface area contributed by atoms with E-state index in [1.165, 1.54) is 44.6 Å². The SMILES string of the molecule is CCCCCCCCCCOc1cc(N)ccc1C(=O)O. The molecule has 0 aliphatic heterocycles. The molecule has 4 heteroatoms. The minimum absolute atomic E-state index is 0.170. The van der Waals surface area contributed by atoms with E-state index in [9.17, 15) is 4.79 Å². The maximum atomic E-state index is 11.1. The zero-order valence-electron chi connectivity index (χ0n) is 12.9. The summed E-state index contributed by atoms with van der Waals surface area (Å²) >= 11 is 0. The van der Waals surface area contributed by atoms with Crippen molar-refractivity contribution in [2.75, 3.05) is 12.3 Å². The zero-order valence-corrected chi connectivity index (χ0v) is 12.9. The molecular formula is C17H27NO3. The van der Waals surface area contributed by atoms with Gasteiger partial charge in [-0.25, -0.2) is 4.79 Å². The van der Waals surface area contributed by atoms with Crippen molar-refractivity contribution in [3.8, 4) is 5.75 Å². The van der Waals surface area contributed by atoms with Crippen LogP contribution in [0.25, 0.3) is 0 Å². The van der Waals surface area contributed by atoms with Crippen molar-refractivity contribution in [2.45, 2.75) is 58.3 Å². The first-order chi connectivity index (χ1) is 10.1. The van der Waals surface area contributed by atoms with Crippen LogP contribution in [0, 0.1) is 0 Å². The first-order valence-electron chi connectivity index (χ1n) is 7.90. The molecule has 1 rings (SSSR count). The molecule has 0 aromatic heterocycles. The van der Waals surface area contributed by atoms with Crippen LogP contribution in [0.2, 0.25) is 0 Å². The van der Waals surface area contributed by atoms with E-state index in [0.29, 0.717) is 18.0 Å². The monoisotopic (exact) mass is 293 g/mol. The van der Waals surface area contributed by atoms with E-state index in [-0.39, 0.29) is 5.56 Å². The first kappa shape index (κ1) is 17.3. The third kappa shape index (κ3) is 7.02. The number of rotatable bonds is 11. The van der Waals surface area contributed by atoms with Gasteiger partial charge in [-0.15, -0.1) is 0 Å². The second-order valence-electron chi connectivity index (χ2n) is 5.38. The Morgan fingerprint density at radius 2 is 1.71 bits per heavy atom. The number of hydrogen-bond donors (Lipinski definition) is 2. The Labute approximate surface area is 127 Å². The van der Waals surface area contributed by atoms with Crippen LogP contribution in [0.15, 0.2) is 18.2 Å². The van der Waals surface area contributed by atoms with Crippen molar-refractivity contribution in [3.63, 3.8) is 0 Å². The van der Waals surface area contributed by atoms with Crippen LogP contribution in [0.5, 0.6) is 5.75 Å². The molecule has 1 aromatic carbocycles. The predicted molar refractivity (Wildman–Crippen MR) is 85.9 cm³/mol. The number of carboxylic acid groups (broad SMARTS) is 1. The number of anilines is 1. The van der Waals surface area contributed by atoms with Crippen LogP contribution in [0.3, 0.4) is 0 Å². The van der Waals surface area contributed by atoms with Crippen LogP contribution in [0.4, 0.5) is 5.69 Å². The summed E-state index contributed by atoms with van der Waals surface area (Å²) < 4.78 is 5.56. The van der Waals surface area contributed by atoms with Gasteiger partial charge < -0.3 is 15.6 Å². The van der Waals surface area contributed by atoms with Crippen LogP contribution < -0.4 is 10.5 Å². The van der Waals surface area contributed by atoms with E-state index >= 15 is 0 Å². The van der Waals surface area contributed by atoms with Gasteiger partial charge in [-0.1, -0.05) is 51.9 Å². The Hall–Kier alpha value is -1.71. The van der Waals surface area contributed by atoms with Crippen molar-refractivity contribution in [3.05, 3.63) is 23.8 Å². The summed E-state index contributed by atoms with van der Waals surface area (Å²) in [7, 11) is 0. The minimum atomic E-state index is -0.985. The third-order valence-corrected chi connectivity index (χ3v) is 3.49. The maximum Gasteiger partial charge on any atom is 0.339 e. The number of carbonyl (C=O) groups is 1. The smallest absolute Gasteiger partial charge is 0.339 e. The van der Waals surface area contributed by atoms with E-state index in [4.69, 9.17) is 15.6 Å². The second kappa shape index (κ2) is 10.1. The highest BCUT2D eigenvalue weighted by molar-refractivity contribution is 5.91. The van der Waals surface area contributed by atoms with Crippen LogP contribution >= 0.6 is 0 Å². The quantitative estimate of drug-likeness (QED) is 0.466. The summed E-state index contributed by atoms with van der Waals surface area (Å²) in [5, 5.41) is 9.08. The average molecular weight is 293 g/mol. The van der Waals surface area contributed by atoms with Gasteiger partial charge in [0.1, 0.15) is 11.3 Å². The van der Waals surface area contributed by atoms with Crippen molar-refractivity contribution in [1.29, 1.82) is 0 Å². The van der Waals surface area contributed by atoms with E-state index in [0.717, 1.165) is 12.8 Å². The van der Waals surface area contributed by atoms with Crippen LogP contribution in [-0.2, 0) is 0 Å². The standard InChI is InChI=1S/C17H27NO3/c1-2-3-4-5-6-7-8-9-12-21-16-13-14(18)10-11-15(16)17(19)20/h10-11,13H,2-9,12,18H2,1H3,(H,19,20). The van der Waals surface area contributed by atoms with Crippen molar-refractivity contribution >= 4 is 11.7 Å². The molecule has 0 aliphatic carbocycles. The Balaban J connectivity index is 2.21. The molecule has 0 heterocycles. The molecule has 118 valence electrons. The number of nitrogens with two attached hydrogens (primary N) is 1. The van der Waals surface area contributed by atoms with E-state index < -0.39 is 5.97 Å². The molecule has 0 spiro atoms. The molecule has 0 amide bonds. The van der Waals surface area contributed by atoms with Gasteiger partial charge in [0.05, 0.1) is 6.61 Å². The van der Waals surface area contributed by atoms with Crippen molar-refractivity contribution in [1.82, 2.24) is 0 Å². The number of carboxylic acids is 1. The maximum absolute atomic E-state index is 11.1. The van der Waals surface area contributed by atoms with Gasteiger partial charge in [-0.05, 0) is 18.6 Å². The van der Waals surface area contributed by atoms with Gasteiger partial charge in [0, 0.05) is 11.8 Å².